The maximum Gasteiger partial charge on any atom is 0.356 e. The van der Waals surface area contributed by atoms with Crippen molar-refractivity contribution in [3.63, 3.8) is 0 Å². The van der Waals surface area contributed by atoms with E-state index in [4.69, 9.17) is 21.4 Å². The van der Waals surface area contributed by atoms with Crippen molar-refractivity contribution < 1.29 is 23.4 Å². The van der Waals surface area contributed by atoms with E-state index >= 15 is 0 Å². The summed E-state index contributed by atoms with van der Waals surface area (Å²) in [7, 11) is 2.64. The van der Waals surface area contributed by atoms with Crippen molar-refractivity contribution in [1.29, 1.82) is 0 Å². The number of benzene rings is 1. The molecule has 0 saturated heterocycles. The molecule has 106 valence electrons. The third-order valence-corrected chi connectivity index (χ3v) is 2.97. The zero-order chi connectivity index (χ0) is 15.0. The van der Waals surface area contributed by atoms with Gasteiger partial charge in [0.15, 0.2) is 17.3 Å². The highest BCUT2D eigenvalue weighted by atomic mass is 35.5. The molecule has 0 amide bonds. The minimum absolute atomic E-state index is 0.110. The fourth-order valence-electron chi connectivity index (χ4n) is 1.79. The van der Waals surface area contributed by atoms with Crippen LogP contribution in [0.5, 0.6) is 5.75 Å². The summed E-state index contributed by atoms with van der Waals surface area (Å²) >= 11 is 5.60. The first-order chi connectivity index (χ1) is 9.36. The van der Waals surface area contributed by atoms with Gasteiger partial charge in [0.05, 0.1) is 17.8 Å². The molecule has 1 aromatic carbocycles. The Balaban J connectivity index is 2.72. The summed E-state index contributed by atoms with van der Waals surface area (Å²) in [6.07, 6.45) is 0. The number of hydrogen-bond donors (Lipinski definition) is 1. The van der Waals surface area contributed by atoms with Gasteiger partial charge in [-0.05, 0) is 12.1 Å². The Labute approximate surface area is 117 Å². The van der Waals surface area contributed by atoms with Gasteiger partial charge in [-0.1, -0.05) is 11.6 Å². The van der Waals surface area contributed by atoms with Crippen LogP contribution in [0.4, 0.5) is 8.78 Å². The lowest BCUT2D eigenvalue weighted by molar-refractivity contribution is 0.0689. The average Bonchev–Trinajstić information content (AvgIpc) is 2.78. The maximum absolute atomic E-state index is 13.8. The van der Waals surface area contributed by atoms with Crippen LogP contribution in [0.3, 0.4) is 0 Å². The summed E-state index contributed by atoms with van der Waals surface area (Å²) in [6.45, 7) is 0. The molecule has 8 heteroatoms. The van der Waals surface area contributed by atoms with Crippen LogP contribution in [0.1, 0.15) is 10.5 Å². The van der Waals surface area contributed by atoms with Crippen molar-refractivity contribution in [2.24, 2.45) is 7.05 Å². The second kappa shape index (κ2) is 5.09. The zero-order valence-corrected chi connectivity index (χ0v) is 11.2. The van der Waals surface area contributed by atoms with Crippen molar-refractivity contribution in [1.82, 2.24) is 9.78 Å². The number of methoxy groups -OCH3 is 1. The van der Waals surface area contributed by atoms with Gasteiger partial charge in [-0.25, -0.2) is 9.18 Å². The predicted octanol–water partition coefficient (Wildman–Crippen LogP) is 2.73. The molecule has 1 aromatic heterocycles. The van der Waals surface area contributed by atoms with Gasteiger partial charge in [-0.2, -0.15) is 9.49 Å². The fraction of sp³-hybridized carbons (Fsp3) is 0.167. The van der Waals surface area contributed by atoms with E-state index in [9.17, 15) is 13.6 Å². The lowest BCUT2D eigenvalue weighted by atomic mass is 10.1. The van der Waals surface area contributed by atoms with E-state index in [1.54, 1.807) is 0 Å². The molecule has 2 aromatic rings. The van der Waals surface area contributed by atoms with Crippen LogP contribution >= 0.6 is 11.6 Å². The van der Waals surface area contributed by atoms with Crippen LogP contribution in [0.25, 0.3) is 11.3 Å². The van der Waals surface area contributed by atoms with E-state index < -0.39 is 22.6 Å². The molecule has 0 saturated carbocycles. The van der Waals surface area contributed by atoms with Crippen molar-refractivity contribution in [2.75, 3.05) is 7.11 Å². The summed E-state index contributed by atoms with van der Waals surface area (Å²) in [5.74, 6) is -4.08. The molecule has 5 nitrogen and oxygen atoms in total. The molecule has 2 rings (SSSR count). The normalized spacial score (nSPS) is 10.7. The smallest absolute Gasteiger partial charge is 0.356 e. The molecule has 0 unspecified atom stereocenters. The van der Waals surface area contributed by atoms with Gasteiger partial charge in [-0.15, -0.1) is 0 Å². The second-order valence-electron chi connectivity index (χ2n) is 3.91. The number of carboxylic acid groups (broad SMARTS) is 1. The first-order valence-electron chi connectivity index (χ1n) is 5.36. The molecular weight excluding hydrogens is 294 g/mol. The zero-order valence-electron chi connectivity index (χ0n) is 10.4. The number of carbonyl (C=O) groups is 1. The molecule has 0 aliphatic heterocycles. The number of hydrogen-bond acceptors (Lipinski definition) is 3. The molecule has 0 bridgehead atoms. The second-order valence-corrected chi connectivity index (χ2v) is 4.32. The van der Waals surface area contributed by atoms with E-state index in [1.807, 2.05) is 0 Å². The van der Waals surface area contributed by atoms with E-state index in [-0.39, 0.29) is 22.7 Å². The molecule has 20 heavy (non-hydrogen) atoms. The number of ether oxygens (including phenoxy) is 1. The standard InChI is InChI=1S/C12H9ClF2N2O3/c1-17-8(4-7(16-17)12(18)19)5-3-6(13)9(14)10(15)11(5)20-2/h3-4H,1-2H3,(H,18,19). The summed E-state index contributed by atoms with van der Waals surface area (Å²) < 4.78 is 33.2. The monoisotopic (exact) mass is 302 g/mol. The Morgan fingerprint density at radius 3 is 2.55 bits per heavy atom. The number of aryl methyl sites for hydroxylation is 1. The molecule has 0 atom stereocenters. The van der Waals surface area contributed by atoms with Crippen LogP contribution in [0.2, 0.25) is 5.02 Å². The predicted molar refractivity (Wildman–Crippen MR) is 67.1 cm³/mol. The third kappa shape index (κ3) is 2.20. The number of aromatic nitrogens is 2. The molecule has 0 spiro atoms. The highest BCUT2D eigenvalue weighted by molar-refractivity contribution is 6.31. The van der Waals surface area contributed by atoms with E-state index in [0.29, 0.717) is 0 Å². The Kier molecular flexibility index (Phi) is 3.63. The molecule has 1 N–H and O–H groups in total. The van der Waals surface area contributed by atoms with Crippen molar-refractivity contribution >= 4 is 17.6 Å². The van der Waals surface area contributed by atoms with Gasteiger partial charge in [0.2, 0.25) is 5.82 Å². The highest BCUT2D eigenvalue weighted by Gasteiger charge is 2.22. The fourth-order valence-corrected chi connectivity index (χ4v) is 1.98. The van der Waals surface area contributed by atoms with E-state index in [2.05, 4.69) is 5.10 Å². The molecule has 0 fully saturated rings. The number of rotatable bonds is 3. The Hall–Kier alpha value is -2.15. The number of halogens is 3. The van der Waals surface area contributed by atoms with Crippen LogP contribution < -0.4 is 4.74 Å². The quantitative estimate of drug-likeness (QED) is 0.885. The van der Waals surface area contributed by atoms with Crippen LogP contribution in [0.15, 0.2) is 12.1 Å². The molecular formula is C12H9ClF2N2O3. The first-order valence-corrected chi connectivity index (χ1v) is 5.73. The summed E-state index contributed by atoms with van der Waals surface area (Å²) in [4.78, 5) is 10.9. The van der Waals surface area contributed by atoms with E-state index in [1.165, 1.54) is 24.9 Å². The number of carboxylic acids is 1. The molecule has 1 heterocycles. The van der Waals surface area contributed by atoms with Gasteiger partial charge < -0.3 is 9.84 Å². The van der Waals surface area contributed by atoms with Gasteiger partial charge in [-0.3, -0.25) is 4.68 Å². The first kappa shape index (κ1) is 14.3. The minimum atomic E-state index is -1.24. The van der Waals surface area contributed by atoms with Crippen molar-refractivity contribution in [2.45, 2.75) is 0 Å². The van der Waals surface area contributed by atoms with Crippen molar-refractivity contribution in [3.05, 3.63) is 34.5 Å². The molecule has 0 aliphatic rings. The Morgan fingerprint density at radius 2 is 2.05 bits per heavy atom. The minimum Gasteiger partial charge on any atom is -0.493 e. The average molecular weight is 303 g/mol. The van der Waals surface area contributed by atoms with Gasteiger partial charge in [0, 0.05) is 12.6 Å². The lowest BCUT2D eigenvalue weighted by Crippen LogP contribution is -2.01. The van der Waals surface area contributed by atoms with Crippen LogP contribution in [0, 0.1) is 11.6 Å². The van der Waals surface area contributed by atoms with Gasteiger partial charge in [0.25, 0.3) is 0 Å². The molecule has 0 aliphatic carbocycles. The van der Waals surface area contributed by atoms with Gasteiger partial charge >= 0.3 is 5.97 Å². The van der Waals surface area contributed by atoms with Crippen LogP contribution in [-0.2, 0) is 7.05 Å². The summed E-state index contributed by atoms with van der Waals surface area (Å²) in [5, 5.41) is 12.2. The SMILES string of the molecule is COc1c(-c2cc(C(=O)O)nn2C)cc(Cl)c(F)c1F. The number of aromatic carboxylic acids is 1. The summed E-state index contributed by atoms with van der Waals surface area (Å²) in [6, 6.07) is 2.37. The van der Waals surface area contributed by atoms with Crippen LogP contribution in [-0.4, -0.2) is 28.0 Å². The maximum atomic E-state index is 13.8. The largest absolute Gasteiger partial charge is 0.493 e. The third-order valence-electron chi connectivity index (χ3n) is 2.70. The lowest BCUT2D eigenvalue weighted by Gasteiger charge is -2.11. The summed E-state index contributed by atoms with van der Waals surface area (Å²) in [5.41, 5.74) is 0.115. The van der Waals surface area contributed by atoms with Gasteiger partial charge in [0.1, 0.15) is 0 Å². The Bertz CT molecular complexity index is 700. The highest BCUT2D eigenvalue weighted by Crippen LogP contribution is 2.37. The van der Waals surface area contributed by atoms with Crippen molar-refractivity contribution in [3.8, 4) is 17.0 Å². The topological polar surface area (TPSA) is 64.3 Å². The Morgan fingerprint density at radius 1 is 1.40 bits per heavy atom. The van der Waals surface area contributed by atoms with E-state index in [0.717, 1.165) is 6.07 Å². The molecule has 0 radical (unpaired) electrons. The number of nitrogens with zero attached hydrogens (tertiary/aromatic N) is 2.